The van der Waals surface area contributed by atoms with Crippen molar-refractivity contribution in [1.82, 2.24) is 10.6 Å². The molecule has 1 rings (SSSR count). The second-order valence-electron chi connectivity index (χ2n) is 2.27. The highest BCUT2D eigenvalue weighted by atomic mass is 16.2. The Hall–Kier alpha value is -0.570. The lowest BCUT2D eigenvalue weighted by Crippen LogP contribution is -2.46. The van der Waals surface area contributed by atoms with E-state index in [1.165, 1.54) is 0 Å². The number of piperidine rings is 1. The van der Waals surface area contributed by atoms with Gasteiger partial charge in [-0.15, -0.1) is 0 Å². The molecule has 1 fully saturated rings. The predicted molar refractivity (Wildman–Crippen MR) is 35.1 cm³/mol. The van der Waals surface area contributed by atoms with Crippen LogP contribution in [-0.4, -0.2) is 25.5 Å². The van der Waals surface area contributed by atoms with Gasteiger partial charge < -0.3 is 10.6 Å². The first-order valence-corrected chi connectivity index (χ1v) is 3.29. The van der Waals surface area contributed by atoms with Crippen LogP contribution in [0.5, 0.6) is 0 Å². The third kappa shape index (κ3) is 1.42. The maximum absolute atomic E-state index is 10.9. The van der Waals surface area contributed by atoms with Crippen molar-refractivity contribution < 1.29 is 4.79 Å². The molecule has 2 N–H and O–H groups in total. The third-order valence-electron chi connectivity index (χ3n) is 1.63. The number of hydrogen-bond donors (Lipinski definition) is 2. The number of carbonyl (C=O) groups is 1. The zero-order valence-electron chi connectivity index (χ0n) is 5.61. The number of amides is 1. The number of rotatable bonds is 1. The molecule has 0 aromatic heterocycles. The predicted octanol–water partition coefficient (Wildman–Crippen LogP) is -0.516. The summed E-state index contributed by atoms with van der Waals surface area (Å²) in [4.78, 5) is 10.9. The van der Waals surface area contributed by atoms with Gasteiger partial charge in [-0.1, -0.05) is 0 Å². The van der Waals surface area contributed by atoms with E-state index < -0.39 is 0 Å². The SMILES string of the molecule is CNC1CCCNC1=O. The van der Waals surface area contributed by atoms with Crippen molar-refractivity contribution >= 4 is 5.91 Å². The van der Waals surface area contributed by atoms with E-state index in [0.29, 0.717) is 0 Å². The molecule has 0 aromatic carbocycles. The van der Waals surface area contributed by atoms with Crippen molar-refractivity contribution in [2.45, 2.75) is 18.9 Å². The van der Waals surface area contributed by atoms with Crippen LogP contribution in [0, 0.1) is 0 Å². The van der Waals surface area contributed by atoms with Crippen molar-refractivity contribution in [2.75, 3.05) is 13.6 Å². The lowest BCUT2D eigenvalue weighted by Gasteiger charge is -2.20. The highest BCUT2D eigenvalue weighted by molar-refractivity contribution is 5.82. The Bertz CT molecular complexity index is 114. The van der Waals surface area contributed by atoms with Gasteiger partial charge in [0.15, 0.2) is 0 Å². The summed E-state index contributed by atoms with van der Waals surface area (Å²) >= 11 is 0. The molecule has 0 bridgehead atoms. The molecular formula is C6H12N2O. The second kappa shape index (κ2) is 2.82. The van der Waals surface area contributed by atoms with Gasteiger partial charge in [0.25, 0.3) is 0 Å². The molecule has 1 heterocycles. The zero-order valence-corrected chi connectivity index (χ0v) is 5.61. The number of likely N-dealkylation sites (N-methyl/N-ethyl adjacent to an activating group) is 1. The lowest BCUT2D eigenvalue weighted by molar-refractivity contribution is -0.124. The molecule has 0 saturated carbocycles. The van der Waals surface area contributed by atoms with Gasteiger partial charge in [0.1, 0.15) is 0 Å². The Morgan fingerprint density at radius 1 is 1.78 bits per heavy atom. The highest BCUT2D eigenvalue weighted by Gasteiger charge is 2.18. The number of nitrogens with one attached hydrogen (secondary N) is 2. The summed E-state index contributed by atoms with van der Waals surface area (Å²) in [6.45, 7) is 0.844. The molecule has 52 valence electrons. The van der Waals surface area contributed by atoms with Gasteiger partial charge in [-0.3, -0.25) is 4.79 Å². The molecule has 1 saturated heterocycles. The number of carbonyl (C=O) groups excluding carboxylic acids is 1. The van der Waals surface area contributed by atoms with Crippen molar-refractivity contribution in [1.29, 1.82) is 0 Å². The molecule has 0 aliphatic carbocycles. The molecule has 1 atom stereocenters. The van der Waals surface area contributed by atoms with Crippen LogP contribution in [0.4, 0.5) is 0 Å². The largest absolute Gasteiger partial charge is 0.355 e. The molecule has 1 aliphatic heterocycles. The van der Waals surface area contributed by atoms with E-state index in [0.717, 1.165) is 19.4 Å². The summed E-state index contributed by atoms with van der Waals surface area (Å²) in [5, 5.41) is 5.72. The first kappa shape index (κ1) is 6.55. The van der Waals surface area contributed by atoms with E-state index in [1.54, 1.807) is 0 Å². The monoisotopic (exact) mass is 128 g/mol. The Labute approximate surface area is 54.8 Å². The molecule has 1 unspecified atom stereocenters. The second-order valence-corrected chi connectivity index (χ2v) is 2.27. The van der Waals surface area contributed by atoms with Crippen LogP contribution in [0.2, 0.25) is 0 Å². The maximum Gasteiger partial charge on any atom is 0.237 e. The van der Waals surface area contributed by atoms with Crippen molar-refractivity contribution in [3.8, 4) is 0 Å². The average Bonchev–Trinajstić information content (AvgIpc) is 1.89. The Kier molecular flexibility index (Phi) is 2.05. The maximum atomic E-state index is 10.9. The van der Waals surface area contributed by atoms with Crippen molar-refractivity contribution in [3.05, 3.63) is 0 Å². The van der Waals surface area contributed by atoms with Gasteiger partial charge in [0.2, 0.25) is 5.91 Å². The van der Waals surface area contributed by atoms with Crippen LogP contribution < -0.4 is 10.6 Å². The van der Waals surface area contributed by atoms with Crippen LogP contribution in [0.3, 0.4) is 0 Å². The van der Waals surface area contributed by atoms with Gasteiger partial charge in [-0.25, -0.2) is 0 Å². The summed E-state index contributed by atoms with van der Waals surface area (Å²) in [5.74, 6) is 0.142. The van der Waals surface area contributed by atoms with Gasteiger partial charge in [-0.2, -0.15) is 0 Å². The van der Waals surface area contributed by atoms with E-state index in [2.05, 4.69) is 10.6 Å². The quantitative estimate of drug-likeness (QED) is 0.499. The summed E-state index contributed by atoms with van der Waals surface area (Å²) in [6.07, 6.45) is 2.07. The lowest BCUT2D eigenvalue weighted by atomic mass is 10.1. The van der Waals surface area contributed by atoms with Gasteiger partial charge in [0.05, 0.1) is 6.04 Å². The molecule has 0 radical (unpaired) electrons. The van der Waals surface area contributed by atoms with Crippen molar-refractivity contribution in [3.63, 3.8) is 0 Å². The smallest absolute Gasteiger partial charge is 0.237 e. The fourth-order valence-electron chi connectivity index (χ4n) is 1.05. The minimum absolute atomic E-state index is 0.0544. The van der Waals surface area contributed by atoms with E-state index in [9.17, 15) is 4.79 Å². The summed E-state index contributed by atoms with van der Waals surface area (Å²) < 4.78 is 0. The minimum Gasteiger partial charge on any atom is -0.355 e. The molecule has 3 nitrogen and oxygen atoms in total. The Morgan fingerprint density at radius 2 is 2.56 bits per heavy atom. The standard InChI is InChI=1S/C6H12N2O/c1-7-5-3-2-4-8-6(5)9/h5,7H,2-4H2,1H3,(H,8,9). The van der Waals surface area contributed by atoms with Crippen LogP contribution in [0.15, 0.2) is 0 Å². The molecule has 0 spiro atoms. The molecule has 1 aliphatic rings. The van der Waals surface area contributed by atoms with Gasteiger partial charge in [0, 0.05) is 6.54 Å². The van der Waals surface area contributed by atoms with Crippen molar-refractivity contribution in [2.24, 2.45) is 0 Å². The van der Waals surface area contributed by atoms with E-state index in [4.69, 9.17) is 0 Å². The fourth-order valence-corrected chi connectivity index (χ4v) is 1.05. The molecule has 1 amide bonds. The summed E-state index contributed by atoms with van der Waals surface area (Å²) in [7, 11) is 1.82. The van der Waals surface area contributed by atoms with Crippen LogP contribution in [-0.2, 0) is 4.79 Å². The molecular weight excluding hydrogens is 116 g/mol. The van der Waals surface area contributed by atoms with E-state index >= 15 is 0 Å². The molecule has 0 aromatic rings. The van der Waals surface area contributed by atoms with Gasteiger partial charge >= 0.3 is 0 Å². The zero-order chi connectivity index (χ0) is 6.69. The fraction of sp³-hybridized carbons (Fsp3) is 0.833. The first-order chi connectivity index (χ1) is 4.34. The van der Waals surface area contributed by atoms with E-state index in [-0.39, 0.29) is 11.9 Å². The topological polar surface area (TPSA) is 41.1 Å². The van der Waals surface area contributed by atoms with E-state index in [1.807, 2.05) is 7.05 Å². The normalized spacial score (nSPS) is 27.7. The van der Waals surface area contributed by atoms with Crippen LogP contribution in [0.25, 0.3) is 0 Å². The molecule has 9 heavy (non-hydrogen) atoms. The minimum atomic E-state index is 0.0544. The molecule has 3 heteroatoms. The third-order valence-corrected chi connectivity index (χ3v) is 1.63. The summed E-state index contributed by atoms with van der Waals surface area (Å²) in [6, 6.07) is 0.0544. The summed E-state index contributed by atoms with van der Waals surface area (Å²) in [5.41, 5.74) is 0. The Balaban J connectivity index is 2.39. The van der Waals surface area contributed by atoms with Crippen LogP contribution in [0.1, 0.15) is 12.8 Å². The average molecular weight is 128 g/mol. The first-order valence-electron chi connectivity index (χ1n) is 3.29. The Morgan fingerprint density at radius 3 is 3.00 bits per heavy atom. The number of hydrogen-bond acceptors (Lipinski definition) is 2. The highest BCUT2D eigenvalue weighted by Crippen LogP contribution is 2.00. The van der Waals surface area contributed by atoms with Crippen LogP contribution >= 0.6 is 0 Å². The van der Waals surface area contributed by atoms with Gasteiger partial charge in [-0.05, 0) is 19.9 Å².